The summed E-state index contributed by atoms with van der Waals surface area (Å²) < 4.78 is 0. The highest BCUT2D eigenvalue weighted by Crippen LogP contribution is 2.11. The molecule has 4 heteroatoms. The first kappa shape index (κ1) is 8.44. The van der Waals surface area contributed by atoms with E-state index in [2.05, 4.69) is 25.9 Å². The normalized spacial score (nSPS) is 10.5. The highest BCUT2D eigenvalue weighted by molar-refractivity contribution is 9.08. The summed E-state index contributed by atoms with van der Waals surface area (Å²) in [6.07, 6.45) is 1.42. The van der Waals surface area contributed by atoms with Gasteiger partial charge in [-0.05, 0) is 17.7 Å². The van der Waals surface area contributed by atoms with Crippen molar-refractivity contribution in [2.75, 3.05) is 0 Å². The molecule has 0 unspecified atom stereocenters. The maximum Gasteiger partial charge on any atom is 0.258 e. The average molecular weight is 239 g/mol. The van der Waals surface area contributed by atoms with Crippen LogP contribution in [-0.4, -0.2) is 9.97 Å². The number of benzene rings is 1. The van der Waals surface area contributed by atoms with Crippen molar-refractivity contribution in [2.45, 2.75) is 5.33 Å². The third-order valence-electron chi connectivity index (χ3n) is 1.86. The summed E-state index contributed by atoms with van der Waals surface area (Å²) in [7, 11) is 0. The summed E-state index contributed by atoms with van der Waals surface area (Å²) in [5.74, 6) is 0. The van der Waals surface area contributed by atoms with Gasteiger partial charge >= 0.3 is 0 Å². The quantitative estimate of drug-likeness (QED) is 0.771. The lowest BCUT2D eigenvalue weighted by Gasteiger charge is -1.97. The van der Waals surface area contributed by atoms with Crippen molar-refractivity contribution in [3.8, 4) is 0 Å². The predicted octanol–water partition coefficient (Wildman–Crippen LogP) is 1.82. The van der Waals surface area contributed by atoms with Gasteiger partial charge in [-0.25, -0.2) is 4.98 Å². The monoisotopic (exact) mass is 238 g/mol. The summed E-state index contributed by atoms with van der Waals surface area (Å²) >= 11 is 3.34. The molecule has 0 spiro atoms. The minimum Gasteiger partial charge on any atom is -0.313 e. The molecule has 66 valence electrons. The van der Waals surface area contributed by atoms with E-state index in [1.54, 1.807) is 0 Å². The van der Waals surface area contributed by atoms with E-state index in [1.165, 1.54) is 6.33 Å². The number of H-pyrrole nitrogens is 1. The summed E-state index contributed by atoms with van der Waals surface area (Å²) in [6, 6.07) is 5.64. The molecule has 1 heterocycles. The molecule has 1 aromatic heterocycles. The molecule has 0 radical (unpaired) electrons. The van der Waals surface area contributed by atoms with E-state index >= 15 is 0 Å². The maximum absolute atomic E-state index is 11.3. The first-order chi connectivity index (χ1) is 6.31. The molecule has 1 aromatic carbocycles. The van der Waals surface area contributed by atoms with Crippen molar-refractivity contribution in [3.63, 3.8) is 0 Å². The van der Waals surface area contributed by atoms with Crippen LogP contribution in [0.4, 0.5) is 0 Å². The molecule has 0 amide bonds. The molecule has 0 atom stereocenters. The average Bonchev–Trinajstić information content (AvgIpc) is 2.18. The van der Waals surface area contributed by atoms with Gasteiger partial charge in [0.1, 0.15) is 0 Å². The molecule has 2 rings (SSSR count). The van der Waals surface area contributed by atoms with Crippen LogP contribution in [0.25, 0.3) is 10.9 Å². The van der Waals surface area contributed by atoms with Crippen LogP contribution in [0, 0.1) is 0 Å². The molecule has 0 saturated carbocycles. The zero-order chi connectivity index (χ0) is 9.26. The first-order valence-corrected chi connectivity index (χ1v) is 4.95. The van der Waals surface area contributed by atoms with Crippen molar-refractivity contribution < 1.29 is 0 Å². The van der Waals surface area contributed by atoms with Gasteiger partial charge in [0.2, 0.25) is 0 Å². The number of halogens is 1. The van der Waals surface area contributed by atoms with Crippen LogP contribution in [0.15, 0.2) is 29.3 Å². The fourth-order valence-corrected chi connectivity index (χ4v) is 1.55. The Balaban J connectivity index is 2.82. The zero-order valence-electron chi connectivity index (χ0n) is 6.75. The van der Waals surface area contributed by atoms with E-state index in [0.29, 0.717) is 5.39 Å². The molecule has 0 fully saturated rings. The van der Waals surface area contributed by atoms with Crippen molar-refractivity contribution in [2.24, 2.45) is 0 Å². The lowest BCUT2D eigenvalue weighted by atomic mass is 10.2. The smallest absolute Gasteiger partial charge is 0.258 e. The number of nitrogens with zero attached hydrogens (tertiary/aromatic N) is 1. The summed E-state index contributed by atoms with van der Waals surface area (Å²) in [5.41, 5.74) is 1.72. The van der Waals surface area contributed by atoms with Crippen LogP contribution in [0.5, 0.6) is 0 Å². The molecule has 13 heavy (non-hydrogen) atoms. The van der Waals surface area contributed by atoms with Crippen LogP contribution in [0.1, 0.15) is 5.56 Å². The van der Waals surface area contributed by atoms with E-state index in [1.807, 2.05) is 18.2 Å². The third-order valence-corrected chi connectivity index (χ3v) is 2.51. The second-order valence-corrected chi connectivity index (χ2v) is 3.28. The number of hydrogen-bond donors (Lipinski definition) is 1. The second-order valence-electron chi connectivity index (χ2n) is 2.72. The molecule has 3 nitrogen and oxygen atoms in total. The molecule has 0 aliphatic carbocycles. The minimum absolute atomic E-state index is 0.0900. The van der Waals surface area contributed by atoms with Gasteiger partial charge in [0, 0.05) is 5.33 Å². The predicted molar refractivity (Wildman–Crippen MR) is 55.0 cm³/mol. The lowest BCUT2D eigenvalue weighted by molar-refractivity contribution is 1.17. The van der Waals surface area contributed by atoms with Gasteiger partial charge in [0.25, 0.3) is 5.56 Å². The fourth-order valence-electron chi connectivity index (χ4n) is 1.20. The number of fused-ring (bicyclic) bond motifs is 1. The van der Waals surface area contributed by atoms with Gasteiger partial charge < -0.3 is 4.98 Å². The summed E-state index contributed by atoms with van der Waals surface area (Å²) in [5, 5.41) is 1.39. The van der Waals surface area contributed by atoms with Crippen LogP contribution >= 0.6 is 15.9 Å². The first-order valence-electron chi connectivity index (χ1n) is 3.83. The zero-order valence-corrected chi connectivity index (χ0v) is 8.34. The van der Waals surface area contributed by atoms with E-state index in [4.69, 9.17) is 0 Å². The highest BCUT2D eigenvalue weighted by atomic mass is 79.9. The molecule has 0 aliphatic rings. The number of alkyl halides is 1. The van der Waals surface area contributed by atoms with Crippen LogP contribution < -0.4 is 5.56 Å². The molecular formula is C9H7BrN2O. The van der Waals surface area contributed by atoms with E-state index in [0.717, 1.165) is 16.4 Å². The Morgan fingerprint density at radius 1 is 1.46 bits per heavy atom. The summed E-state index contributed by atoms with van der Waals surface area (Å²) in [6.45, 7) is 0. The standard InChI is InChI=1S/C9H7BrN2O/c10-4-6-1-2-8-7(3-6)9(13)12-5-11-8/h1-3,5H,4H2,(H,11,12,13). The van der Waals surface area contributed by atoms with Gasteiger partial charge in [-0.15, -0.1) is 0 Å². The third kappa shape index (κ3) is 1.49. The minimum atomic E-state index is -0.0900. The second kappa shape index (κ2) is 3.30. The number of nitrogens with one attached hydrogen (secondary N) is 1. The molecule has 2 aromatic rings. The molecule has 0 aliphatic heterocycles. The van der Waals surface area contributed by atoms with Gasteiger partial charge in [-0.2, -0.15) is 0 Å². The summed E-state index contributed by atoms with van der Waals surface area (Å²) in [4.78, 5) is 17.9. The van der Waals surface area contributed by atoms with Crippen LogP contribution in [-0.2, 0) is 5.33 Å². The van der Waals surface area contributed by atoms with Gasteiger partial charge in [-0.1, -0.05) is 22.0 Å². The van der Waals surface area contributed by atoms with Crippen molar-refractivity contribution >= 4 is 26.8 Å². The molecule has 0 bridgehead atoms. The van der Waals surface area contributed by atoms with Gasteiger partial charge in [-0.3, -0.25) is 4.79 Å². The van der Waals surface area contributed by atoms with Crippen molar-refractivity contribution in [1.82, 2.24) is 9.97 Å². The van der Waals surface area contributed by atoms with Crippen molar-refractivity contribution in [3.05, 3.63) is 40.4 Å². The number of rotatable bonds is 1. The number of aromatic nitrogens is 2. The topological polar surface area (TPSA) is 45.8 Å². The molecule has 0 saturated heterocycles. The Kier molecular flexibility index (Phi) is 2.14. The maximum atomic E-state index is 11.3. The van der Waals surface area contributed by atoms with Crippen LogP contribution in [0.3, 0.4) is 0 Å². The Bertz CT molecular complexity index is 492. The Morgan fingerprint density at radius 3 is 3.08 bits per heavy atom. The number of hydrogen-bond acceptors (Lipinski definition) is 2. The lowest BCUT2D eigenvalue weighted by Crippen LogP contribution is -2.06. The van der Waals surface area contributed by atoms with E-state index < -0.39 is 0 Å². The van der Waals surface area contributed by atoms with Crippen LogP contribution in [0.2, 0.25) is 0 Å². The van der Waals surface area contributed by atoms with Crippen molar-refractivity contribution in [1.29, 1.82) is 0 Å². The number of aromatic amines is 1. The Labute approximate surface area is 82.9 Å². The molecular weight excluding hydrogens is 232 g/mol. The largest absolute Gasteiger partial charge is 0.313 e. The van der Waals surface area contributed by atoms with Gasteiger partial charge in [0.15, 0.2) is 0 Å². The molecule has 1 N–H and O–H groups in total. The van der Waals surface area contributed by atoms with E-state index in [9.17, 15) is 4.79 Å². The SMILES string of the molecule is O=c1[nH]cnc2ccc(CBr)cc12. The fraction of sp³-hybridized carbons (Fsp3) is 0.111. The Hall–Kier alpha value is -1.16. The highest BCUT2D eigenvalue weighted by Gasteiger charge is 1.99. The van der Waals surface area contributed by atoms with Gasteiger partial charge in [0.05, 0.1) is 17.2 Å². The van der Waals surface area contributed by atoms with E-state index in [-0.39, 0.29) is 5.56 Å². The Morgan fingerprint density at radius 2 is 2.31 bits per heavy atom.